The van der Waals surface area contributed by atoms with Crippen LogP contribution < -0.4 is 26.2 Å². The quantitative estimate of drug-likeness (QED) is 0.137. The number of nitrogens with two attached hydrogens (primary N) is 1. The lowest BCUT2D eigenvalue weighted by Gasteiger charge is -2.21. The number of carbonyl (C=O) groups excluding carboxylic acids is 1. The van der Waals surface area contributed by atoms with Gasteiger partial charge in [0.2, 0.25) is 0 Å². The number of aromatic nitrogens is 5. The Morgan fingerprint density at radius 2 is 1.87 bits per heavy atom. The van der Waals surface area contributed by atoms with Crippen molar-refractivity contribution >= 4 is 17.5 Å². The van der Waals surface area contributed by atoms with Crippen molar-refractivity contribution < 1.29 is 19.0 Å². The monoisotopic (exact) mass is 518 g/mol. The molecule has 2 aromatic carbocycles. The van der Waals surface area contributed by atoms with Gasteiger partial charge in [-0.2, -0.15) is 0 Å². The van der Waals surface area contributed by atoms with Gasteiger partial charge in [-0.05, 0) is 48.0 Å². The van der Waals surface area contributed by atoms with Crippen LogP contribution in [0.5, 0.6) is 11.5 Å². The van der Waals surface area contributed by atoms with Gasteiger partial charge >= 0.3 is 11.7 Å². The van der Waals surface area contributed by atoms with E-state index in [0.29, 0.717) is 33.9 Å². The lowest BCUT2D eigenvalue weighted by Crippen LogP contribution is -2.18. The first-order chi connectivity index (χ1) is 18.3. The molecule has 38 heavy (non-hydrogen) atoms. The van der Waals surface area contributed by atoms with E-state index in [1.807, 2.05) is 0 Å². The molecule has 0 spiro atoms. The minimum absolute atomic E-state index is 0.0611. The maximum atomic E-state index is 12.8. The smallest absolute Gasteiger partial charge is 0.350 e. The van der Waals surface area contributed by atoms with Crippen LogP contribution in [0.4, 0.5) is 5.69 Å². The first kappa shape index (κ1) is 25.9. The van der Waals surface area contributed by atoms with Crippen LogP contribution in [0.15, 0.2) is 59.7 Å². The van der Waals surface area contributed by atoms with E-state index in [1.54, 1.807) is 42.5 Å². The summed E-state index contributed by atoms with van der Waals surface area (Å²) in [7, 11) is 2.98. The van der Waals surface area contributed by atoms with Crippen LogP contribution in [0.2, 0.25) is 0 Å². The zero-order chi connectivity index (χ0) is 27.2. The Bertz CT molecular complexity index is 1500. The van der Waals surface area contributed by atoms with Gasteiger partial charge in [-0.3, -0.25) is 15.2 Å². The van der Waals surface area contributed by atoms with Crippen molar-refractivity contribution in [1.29, 1.82) is 5.41 Å². The number of nitrogens with one attached hydrogen (secondary N) is 3. The molecule has 2 aromatic heterocycles. The Balaban J connectivity index is 1.84. The van der Waals surface area contributed by atoms with Crippen molar-refractivity contribution in [3.8, 4) is 17.4 Å². The summed E-state index contributed by atoms with van der Waals surface area (Å²) in [6.07, 6.45) is 3.01. The van der Waals surface area contributed by atoms with Crippen LogP contribution in [-0.2, 0) is 16.1 Å². The van der Waals surface area contributed by atoms with Crippen molar-refractivity contribution in [3.63, 3.8) is 0 Å². The third kappa shape index (κ3) is 5.61. The number of ether oxygens (including phenoxy) is 3. The van der Waals surface area contributed by atoms with E-state index in [0.717, 1.165) is 4.68 Å². The Labute approximate surface area is 217 Å². The maximum Gasteiger partial charge on any atom is 0.350 e. The number of H-pyrrole nitrogens is 1. The molecular formula is C25H26N8O5. The van der Waals surface area contributed by atoms with E-state index in [4.69, 9.17) is 25.4 Å². The number of amidine groups is 1. The molecule has 0 aliphatic heterocycles. The summed E-state index contributed by atoms with van der Waals surface area (Å²) in [4.78, 5) is 35.3. The van der Waals surface area contributed by atoms with Crippen molar-refractivity contribution in [2.75, 3.05) is 19.5 Å². The summed E-state index contributed by atoms with van der Waals surface area (Å²) >= 11 is 0. The fraction of sp³-hybridized carbons (Fsp3) is 0.200. The molecule has 0 amide bonds. The van der Waals surface area contributed by atoms with Gasteiger partial charge in [0.15, 0.2) is 17.3 Å². The maximum absolute atomic E-state index is 12.8. The lowest BCUT2D eigenvalue weighted by molar-refractivity contribution is -0.142. The normalized spacial score (nSPS) is 11.4. The third-order valence-corrected chi connectivity index (χ3v) is 5.50. The molecule has 0 saturated heterocycles. The van der Waals surface area contributed by atoms with E-state index < -0.39 is 17.7 Å². The number of anilines is 1. The van der Waals surface area contributed by atoms with Crippen LogP contribution in [-0.4, -0.2) is 50.8 Å². The van der Waals surface area contributed by atoms with Crippen LogP contribution >= 0.6 is 0 Å². The highest BCUT2D eigenvalue weighted by Gasteiger charge is 2.24. The van der Waals surface area contributed by atoms with Crippen molar-refractivity contribution in [1.82, 2.24) is 24.7 Å². The summed E-state index contributed by atoms with van der Waals surface area (Å²) in [5.41, 5.74) is 7.43. The average Bonchev–Trinajstić information content (AvgIpc) is 3.31. The number of nitrogen functional groups attached to an aromatic ring is 1. The Morgan fingerprint density at radius 3 is 2.47 bits per heavy atom. The molecule has 0 fully saturated rings. The second kappa shape index (κ2) is 11.2. The molecule has 2 heterocycles. The number of aromatic amines is 1. The molecule has 1 unspecified atom stereocenters. The van der Waals surface area contributed by atoms with Crippen LogP contribution in [0, 0.1) is 5.41 Å². The number of nitrogens with zero attached hydrogens (tertiary/aromatic N) is 4. The summed E-state index contributed by atoms with van der Waals surface area (Å²) in [6.45, 7) is 1.25. The van der Waals surface area contributed by atoms with Crippen LogP contribution in [0.1, 0.15) is 35.5 Å². The SMILES string of the molecule is COc1cc(C(Nc2ccc(C(=N)N)cc2)c2nn(-c3ncccn3)c(=O)[nH]2)cc(COC(C)=O)c1OC. The largest absolute Gasteiger partial charge is 0.493 e. The fourth-order valence-corrected chi connectivity index (χ4v) is 3.75. The van der Waals surface area contributed by atoms with Gasteiger partial charge in [-0.25, -0.2) is 14.8 Å². The van der Waals surface area contributed by atoms with Crippen molar-refractivity contribution in [3.05, 3.63) is 87.9 Å². The lowest BCUT2D eigenvalue weighted by atomic mass is 10.0. The molecule has 0 saturated carbocycles. The van der Waals surface area contributed by atoms with Crippen LogP contribution in [0.3, 0.4) is 0 Å². The summed E-state index contributed by atoms with van der Waals surface area (Å²) in [5, 5.41) is 15.4. The number of carbonyl (C=O) groups is 1. The topological polar surface area (TPSA) is 183 Å². The van der Waals surface area contributed by atoms with Crippen molar-refractivity contribution in [2.45, 2.75) is 19.6 Å². The molecule has 13 heteroatoms. The van der Waals surface area contributed by atoms with Gasteiger partial charge in [0.05, 0.1) is 14.2 Å². The molecule has 0 bridgehead atoms. The molecule has 0 aliphatic carbocycles. The Hall–Kier alpha value is -5.20. The number of hydrogen-bond donors (Lipinski definition) is 4. The fourth-order valence-electron chi connectivity index (χ4n) is 3.75. The van der Waals surface area contributed by atoms with E-state index in [2.05, 4.69) is 25.4 Å². The van der Waals surface area contributed by atoms with Gasteiger partial charge in [0.1, 0.15) is 18.5 Å². The number of benzene rings is 2. The second-order valence-corrected chi connectivity index (χ2v) is 8.04. The molecule has 13 nitrogen and oxygen atoms in total. The predicted molar refractivity (Wildman–Crippen MR) is 138 cm³/mol. The highest BCUT2D eigenvalue weighted by atomic mass is 16.5. The number of hydrogen-bond acceptors (Lipinski definition) is 10. The average molecular weight is 519 g/mol. The van der Waals surface area contributed by atoms with Gasteiger partial charge < -0.3 is 25.3 Å². The molecular weight excluding hydrogens is 492 g/mol. The minimum Gasteiger partial charge on any atom is -0.493 e. The van der Waals surface area contributed by atoms with Gasteiger partial charge in [-0.1, -0.05) is 0 Å². The highest BCUT2D eigenvalue weighted by molar-refractivity contribution is 5.95. The number of esters is 1. The van der Waals surface area contributed by atoms with Gasteiger partial charge in [0, 0.05) is 36.1 Å². The number of methoxy groups -OCH3 is 2. The number of rotatable bonds is 10. The van der Waals surface area contributed by atoms with E-state index in [9.17, 15) is 9.59 Å². The van der Waals surface area contributed by atoms with Crippen LogP contribution in [0.25, 0.3) is 5.95 Å². The molecule has 4 aromatic rings. The summed E-state index contributed by atoms with van der Waals surface area (Å²) < 4.78 is 17.3. The molecule has 4 rings (SSSR count). The Morgan fingerprint density at radius 1 is 1.16 bits per heavy atom. The zero-order valence-corrected chi connectivity index (χ0v) is 20.9. The molecule has 0 aliphatic rings. The summed E-state index contributed by atoms with van der Waals surface area (Å²) in [5.74, 6) is 0.630. The van der Waals surface area contributed by atoms with E-state index in [1.165, 1.54) is 33.5 Å². The highest BCUT2D eigenvalue weighted by Crippen LogP contribution is 2.37. The Kier molecular flexibility index (Phi) is 7.66. The predicted octanol–water partition coefficient (Wildman–Crippen LogP) is 1.92. The first-order valence-corrected chi connectivity index (χ1v) is 11.4. The molecule has 196 valence electrons. The molecule has 5 N–H and O–H groups in total. The van der Waals surface area contributed by atoms with Gasteiger partial charge in [0.25, 0.3) is 5.95 Å². The van der Waals surface area contributed by atoms with E-state index >= 15 is 0 Å². The standard InChI is InChI=1S/C25H26N8O5/c1-14(34)38-13-17-11-16(12-19(36-2)21(17)37-3)20(30-18-7-5-15(6-8-18)22(26)27)23-31-25(35)33(32-23)24-28-9-4-10-29-24/h4-12,20,30H,13H2,1-3H3,(H3,26,27)(H,31,32,35). The molecule has 0 radical (unpaired) electrons. The second-order valence-electron chi connectivity index (χ2n) is 8.04. The molecule has 1 atom stereocenters. The van der Waals surface area contributed by atoms with E-state index in [-0.39, 0.29) is 24.2 Å². The zero-order valence-electron chi connectivity index (χ0n) is 20.9. The summed E-state index contributed by atoms with van der Waals surface area (Å²) in [6, 6.07) is 11.3. The van der Waals surface area contributed by atoms with Crippen molar-refractivity contribution in [2.24, 2.45) is 5.73 Å². The minimum atomic E-state index is -0.716. The third-order valence-electron chi connectivity index (χ3n) is 5.50. The van der Waals surface area contributed by atoms with Gasteiger partial charge in [-0.15, -0.1) is 9.78 Å². The first-order valence-electron chi connectivity index (χ1n) is 11.4.